The number of fused-ring (bicyclic) bond motifs is 3. The van der Waals surface area contributed by atoms with Crippen LogP contribution in [0.2, 0.25) is 0 Å². The van der Waals surface area contributed by atoms with E-state index in [-0.39, 0.29) is 5.43 Å². The van der Waals surface area contributed by atoms with Crippen LogP contribution in [0.4, 0.5) is 0 Å². The Morgan fingerprint density at radius 1 is 1.30 bits per heavy atom. The standard InChI is InChI=1S/C20H23N3O2S2/c1-3-8-25-16-10-21-13(9-15(16)24)11-26-19-18-14-6-4-5-7-17(14)27-20(18)23-12(2)22-19/h9-10H,3-8,11H2,1-2H3,(H,21,24). The monoisotopic (exact) mass is 401 g/mol. The van der Waals surface area contributed by atoms with Crippen LogP contribution in [0.3, 0.4) is 0 Å². The number of ether oxygens (including phenoxy) is 1. The quantitative estimate of drug-likeness (QED) is 0.481. The summed E-state index contributed by atoms with van der Waals surface area (Å²) < 4.78 is 5.46. The van der Waals surface area contributed by atoms with Crippen molar-refractivity contribution in [3.05, 3.63) is 44.4 Å². The molecule has 0 spiro atoms. The second kappa shape index (κ2) is 8.02. The average Bonchev–Trinajstić information content (AvgIpc) is 3.03. The minimum atomic E-state index is -0.0743. The lowest BCUT2D eigenvalue weighted by atomic mass is 9.97. The van der Waals surface area contributed by atoms with Crippen molar-refractivity contribution in [1.82, 2.24) is 15.0 Å². The summed E-state index contributed by atoms with van der Waals surface area (Å²) in [5.74, 6) is 1.86. The molecule has 0 saturated heterocycles. The lowest BCUT2D eigenvalue weighted by Gasteiger charge is -2.12. The number of hydrogen-bond acceptors (Lipinski definition) is 6. The highest BCUT2D eigenvalue weighted by Gasteiger charge is 2.20. The summed E-state index contributed by atoms with van der Waals surface area (Å²) in [6.07, 6.45) is 7.33. The van der Waals surface area contributed by atoms with E-state index in [0.717, 1.165) is 40.6 Å². The Labute approximate surface area is 166 Å². The van der Waals surface area contributed by atoms with E-state index in [1.165, 1.54) is 28.7 Å². The minimum Gasteiger partial charge on any atom is -0.488 e. The molecule has 0 amide bonds. The third-order valence-corrected chi connectivity index (χ3v) is 6.87. The highest BCUT2D eigenvalue weighted by Crippen LogP contribution is 2.40. The van der Waals surface area contributed by atoms with Gasteiger partial charge in [-0.25, -0.2) is 9.97 Å². The van der Waals surface area contributed by atoms with Crippen LogP contribution in [-0.2, 0) is 18.6 Å². The van der Waals surface area contributed by atoms with Gasteiger partial charge in [-0.15, -0.1) is 11.3 Å². The van der Waals surface area contributed by atoms with Gasteiger partial charge in [-0.1, -0.05) is 18.7 Å². The van der Waals surface area contributed by atoms with Gasteiger partial charge in [0.2, 0.25) is 5.43 Å². The maximum absolute atomic E-state index is 12.2. The number of rotatable bonds is 6. The average molecular weight is 402 g/mol. The zero-order valence-electron chi connectivity index (χ0n) is 15.6. The number of aromatic amines is 1. The fourth-order valence-electron chi connectivity index (χ4n) is 3.38. The number of hydrogen-bond donors (Lipinski definition) is 1. The first-order chi connectivity index (χ1) is 13.2. The first kappa shape index (κ1) is 18.5. The molecule has 1 aliphatic rings. The zero-order valence-corrected chi connectivity index (χ0v) is 17.3. The van der Waals surface area contributed by atoms with E-state index in [1.54, 1.807) is 24.0 Å². The van der Waals surface area contributed by atoms with Gasteiger partial charge in [-0.3, -0.25) is 4.79 Å². The van der Waals surface area contributed by atoms with Crippen molar-refractivity contribution < 1.29 is 4.74 Å². The lowest BCUT2D eigenvalue weighted by Crippen LogP contribution is -2.09. The van der Waals surface area contributed by atoms with Gasteiger partial charge in [0, 0.05) is 34.0 Å². The Morgan fingerprint density at radius 3 is 2.96 bits per heavy atom. The highest BCUT2D eigenvalue weighted by molar-refractivity contribution is 7.98. The Bertz CT molecular complexity index is 1030. The minimum absolute atomic E-state index is 0.0743. The summed E-state index contributed by atoms with van der Waals surface area (Å²) in [4.78, 5) is 27.4. The predicted molar refractivity (Wildman–Crippen MR) is 111 cm³/mol. The zero-order chi connectivity index (χ0) is 18.8. The summed E-state index contributed by atoms with van der Waals surface area (Å²) >= 11 is 3.49. The number of aryl methyl sites for hydroxylation is 3. The summed E-state index contributed by atoms with van der Waals surface area (Å²) in [5.41, 5.74) is 2.25. The molecule has 1 N–H and O–H groups in total. The van der Waals surface area contributed by atoms with Crippen LogP contribution in [0.15, 0.2) is 22.1 Å². The van der Waals surface area contributed by atoms with Gasteiger partial charge < -0.3 is 9.72 Å². The molecular formula is C20H23N3O2S2. The third-order valence-electron chi connectivity index (χ3n) is 4.66. The third kappa shape index (κ3) is 3.89. The number of nitrogens with zero attached hydrogens (tertiary/aromatic N) is 2. The Morgan fingerprint density at radius 2 is 2.15 bits per heavy atom. The molecule has 0 atom stereocenters. The molecule has 0 unspecified atom stereocenters. The second-order valence-electron chi connectivity index (χ2n) is 6.79. The Hall–Kier alpha value is -1.86. The molecule has 1 aliphatic carbocycles. The van der Waals surface area contributed by atoms with Crippen LogP contribution >= 0.6 is 23.1 Å². The number of thioether (sulfide) groups is 1. The van der Waals surface area contributed by atoms with Gasteiger partial charge in [-0.05, 0) is 44.6 Å². The molecule has 4 rings (SSSR count). The predicted octanol–water partition coefficient (Wildman–Crippen LogP) is 4.65. The van der Waals surface area contributed by atoms with Crippen molar-refractivity contribution >= 4 is 33.3 Å². The normalized spacial score (nSPS) is 13.7. The van der Waals surface area contributed by atoms with Gasteiger partial charge in [0.25, 0.3) is 0 Å². The summed E-state index contributed by atoms with van der Waals surface area (Å²) in [6.45, 7) is 4.52. The largest absolute Gasteiger partial charge is 0.488 e. The molecular weight excluding hydrogens is 378 g/mol. The van der Waals surface area contributed by atoms with Crippen LogP contribution in [0.1, 0.15) is 48.1 Å². The fraction of sp³-hybridized carbons (Fsp3) is 0.450. The number of H-pyrrole nitrogens is 1. The maximum atomic E-state index is 12.2. The number of pyridine rings is 1. The number of thiophene rings is 1. The molecule has 0 fully saturated rings. The maximum Gasteiger partial charge on any atom is 0.223 e. The van der Waals surface area contributed by atoms with E-state index >= 15 is 0 Å². The molecule has 3 heterocycles. The summed E-state index contributed by atoms with van der Waals surface area (Å²) in [7, 11) is 0. The fourth-order valence-corrected chi connectivity index (χ4v) is 5.78. The van der Waals surface area contributed by atoms with Crippen molar-refractivity contribution in [1.29, 1.82) is 0 Å². The van der Waals surface area contributed by atoms with Crippen LogP contribution < -0.4 is 10.2 Å². The van der Waals surface area contributed by atoms with Gasteiger partial charge in [0.15, 0.2) is 5.75 Å². The van der Waals surface area contributed by atoms with Crippen molar-refractivity contribution in [3.63, 3.8) is 0 Å². The summed E-state index contributed by atoms with van der Waals surface area (Å²) in [6, 6.07) is 1.63. The highest BCUT2D eigenvalue weighted by atomic mass is 32.2. The van der Waals surface area contributed by atoms with E-state index in [4.69, 9.17) is 9.72 Å². The van der Waals surface area contributed by atoms with E-state index in [9.17, 15) is 4.79 Å². The van der Waals surface area contributed by atoms with Crippen molar-refractivity contribution in [2.24, 2.45) is 0 Å². The topological polar surface area (TPSA) is 67.9 Å². The molecule has 142 valence electrons. The molecule has 3 aromatic heterocycles. The van der Waals surface area contributed by atoms with Crippen LogP contribution in [0.5, 0.6) is 5.75 Å². The molecule has 0 radical (unpaired) electrons. The van der Waals surface area contributed by atoms with Crippen LogP contribution in [0.25, 0.3) is 10.2 Å². The smallest absolute Gasteiger partial charge is 0.223 e. The molecule has 3 aromatic rings. The second-order valence-corrected chi connectivity index (χ2v) is 8.84. The first-order valence-corrected chi connectivity index (χ1v) is 11.2. The molecule has 27 heavy (non-hydrogen) atoms. The molecule has 0 bridgehead atoms. The first-order valence-electron chi connectivity index (χ1n) is 9.41. The van der Waals surface area contributed by atoms with Gasteiger partial charge in [0.05, 0.1) is 6.61 Å². The van der Waals surface area contributed by atoms with Gasteiger partial charge in [-0.2, -0.15) is 0 Å². The van der Waals surface area contributed by atoms with Gasteiger partial charge >= 0.3 is 0 Å². The van der Waals surface area contributed by atoms with Crippen molar-refractivity contribution in [2.75, 3.05) is 6.61 Å². The van der Waals surface area contributed by atoms with E-state index in [1.807, 2.05) is 25.2 Å². The molecule has 0 aromatic carbocycles. The Kier molecular flexibility index (Phi) is 5.50. The molecule has 0 aliphatic heterocycles. The van der Waals surface area contributed by atoms with Crippen LogP contribution in [-0.4, -0.2) is 21.6 Å². The SMILES string of the molecule is CCCOc1c[nH]c(CSc2nc(C)nc3sc4c(c23)CCCC4)cc1=O. The Balaban J connectivity index is 1.59. The molecule has 5 nitrogen and oxygen atoms in total. The molecule has 7 heteroatoms. The van der Waals surface area contributed by atoms with E-state index < -0.39 is 0 Å². The van der Waals surface area contributed by atoms with Gasteiger partial charge in [0.1, 0.15) is 15.7 Å². The molecule has 0 saturated carbocycles. The number of aromatic nitrogens is 3. The van der Waals surface area contributed by atoms with Crippen LogP contribution in [0, 0.1) is 6.92 Å². The number of nitrogens with one attached hydrogen (secondary N) is 1. The van der Waals surface area contributed by atoms with E-state index in [0.29, 0.717) is 18.1 Å². The van der Waals surface area contributed by atoms with E-state index in [2.05, 4.69) is 9.97 Å². The summed E-state index contributed by atoms with van der Waals surface area (Å²) in [5, 5.41) is 2.26. The lowest BCUT2D eigenvalue weighted by molar-refractivity contribution is 0.313. The van der Waals surface area contributed by atoms with Crippen molar-refractivity contribution in [3.8, 4) is 5.75 Å². The van der Waals surface area contributed by atoms with Crippen molar-refractivity contribution in [2.45, 2.75) is 56.7 Å².